The van der Waals surface area contributed by atoms with Crippen LogP contribution in [-0.4, -0.2) is 70.1 Å². The van der Waals surface area contributed by atoms with Crippen LogP contribution in [0.1, 0.15) is 31.1 Å². The molecule has 2 heterocycles. The summed E-state index contributed by atoms with van der Waals surface area (Å²) in [7, 11) is 0. The Hall–Kier alpha value is -3.65. The van der Waals surface area contributed by atoms with Crippen LogP contribution in [-0.2, 0) is 9.53 Å². The summed E-state index contributed by atoms with van der Waals surface area (Å²) in [5, 5.41) is 9.39. The van der Waals surface area contributed by atoms with Crippen LogP contribution in [0.3, 0.4) is 0 Å². The molecule has 1 saturated heterocycles. The summed E-state index contributed by atoms with van der Waals surface area (Å²) in [5.74, 6) is -0.0308. The van der Waals surface area contributed by atoms with Crippen LogP contribution in [0.4, 0.5) is 4.79 Å². The Morgan fingerprint density at radius 3 is 2.11 bits per heavy atom. The Morgan fingerprint density at radius 2 is 1.51 bits per heavy atom. The minimum Gasteiger partial charge on any atom is -0.483 e. The number of benzene rings is 2. The summed E-state index contributed by atoms with van der Waals surface area (Å²) >= 11 is 6.02. The molecular formula is C26H28ClN3O5. The number of fused-ring (bicyclic) bond motifs is 1. The third-order valence-electron chi connectivity index (χ3n) is 5.37. The van der Waals surface area contributed by atoms with Crippen LogP contribution in [0.2, 0.25) is 5.15 Å². The van der Waals surface area contributed by atoms with Crippen molar-refractivity contribution in [3.8, 4) is 11.1 Å². The van der Waals surface area contributed by atoms with Gasteiger partial charge in [-0.2, -0.15) is 0 Å². The summed E-state index contributed by atoms with van der Waals surface area (Å²) < 4.78 is 5.42. The molecule has 8 nitrogen and oxygen atoms in total. The molecule has 4 rings (SSSR count). The highest BCUT2D eigenvalue weighted by molar-refractivity contribution is 6.30. The molecule has 0 aliphatic carbocycles. The molecule has 2 amide bonds. The number of piperazine rings is 1. The van der Waals surface area contributed by atoms with E-state index in [1.54, 1.807) is 16.0 Å². The van der Waals surface area contributed by atoms with Crippen molar-refractivity contribution in [1.29, 1.82) is 0 Å². The van der Waals surface area contributed by atoms with Gasteiger partial charge >= 0.3 is 6.09 Å². The first-order valence-electron chi connectivity index (χ1n) is 11.1. The van der Waals surface area contributed by atoms with Gasteiger partial charge in [-0.3, -0.25) is 9.59 Å². The molecule has 3 aromatic rings. The van der Waals surface area contributed by atoms with Gasteiger partial charge in [0.1, 0.15) is 10.8 Å². The molecule has 0 radical (unpaired) electrons. The third-order valence-corrected chi connectivity index (χ3v) is 5.58. The van der Waals surface area contributed by atoms with Crippen molar-refractivity contribution >= 4 is 40.8 Å². The molecule has 0 saturated carbocycles. The Morgan fingerprint density at radius 1 is 0.943 bits per heavy atom. The zero-order chi connectivity index (χ0) is 25.6. The first-order valence-corrected chi connectivity index (χ1v) is 11.5. The van der Waals surface area contributed by atoms with Gasteiger partial charge in [-0.25, -0.2) is 9.78 Å². The second-order valence-electron chi connectivity index (χ2n) is 9.01. The molecule has 0 unspecified atom stereocenters. The lowest BCUT2D eigenvalue weighted by atomic mass is 10.0. The number of carbonyl (C=O) groups is 3. The molecule has 9 heteroatoms. The maximum Gasteiger partial charge on any atom is 0.410 e. The van der Waals surface area contributed by atoms with Gasteiger partial charge in [0.05, 0.1) is 0 Å². The standard InChI is InChI=1S/C25H26ClN3O3.CH2O2/c1-25(2,3)32-24(31)29-12-10-28(11-13-29)23(30)18-6-4-17(5-7-18)19-8-9-20-16-27-22(26)15-21(20)14-19;2-1-3/h4-9,14-16H,10-13H2,1-3H3;1H,(H,2,3). The summed E-state index contributed by atoms with van der Waals surface area (Å²) in [6.45, 7) is 7.19. The zero-order valence-corrected chi connectivity index (χ0v) is 20.7. The van der Waals surface area contributed by atoms with E-state index in [0.29, 0.717) is 36.9 Å². The Bertz CT molecular complexity index is 1200. The molecular weight excluding hydrogens is 470 g/mol. The normalized spacial score (nSPS) is 13.6. The van der Waals surface area contributed by atoms with E-state index >= 15 is 0 Å². The molecule has 35 heavy (non-hydrogen) atoms. The van der Waals surface area contributed by atoms with Gasteiger partial charge in [0, 0.05) is 43.3 Å². The lowest BCUT2D eigenvalue weighted by Crippen LogP contribution is -2.51. The molecule has 1 aliphatic heterocycles. The van der Waals surface area contributed by atoms with Crippen molar-refractivity contribution < 1.29 is 24.2 Å². The smallest absolute Gasteiger partial charge is 0.410 e. The third kappa shape index (κ3) is 6.93. The first-order chi connectivity index (χ1) is 16.6. The van der Waals surface area contributed by atoms with E-state index < -0.39 is 5.60 Å². The summed E-state index contributed by atoms with van der Waals surface area (Å²) in [5.41, 5.74) is 2.17. The molecule has 1 fully saturated rings. The maximum absolute atomic E-state index is 12.9. The van der Waals surface area contributed by atoms with Gasteiger partial charge in [-0.15, -0.1) is 0 Å². The first kappa shape index (κ1) is 26.0. The Labute approximate surface area is 209 Å². The highest BCUT2D eigenvalue weighted by atomic mass is 35.5. The number of hydrogen-bond donors (Lipinski definition) is 1. The van der Waals surface area contributed by atoms with Crippen LogP contribution in [0.5, 0.6) is 0 Å². The Kier molecular flexibility index (Phi) is 8.30. The van der Waals surface area contributed by atoms with Crippen molar-refractivity contribution in [3.63, 3.8) is 0 Å². The van der Waals surface area contributed by atoms with E-state index in [2.05, 4.69) is 11.1 Å². The van der Waals surface area contributed by atoms with E-state index in [4.69, 9.17) is 26.2 Å². The average Bonchev–Trinajstić information content (AvgIpc) is 2.83. The maximum atomic E-state index is 12.9. The number of ether oxygens (including phenoxy) is 1. The van der Waals surface area contributed by atoms with Gasteiger partial charge in [0.2, 0.25) is 0 Å². The van der Waals surface area contributed by atoms with Crippen molar-refractivity contribution in [2.75, 3.05) is 26.2 Å². The second kappa shape index (κ2) is 11.2. The monoisotopic (exact) mass is 497 g/mol. The minimum atomic E-state index is -0.528. The predicted molar refractivity (Wildman–Crippen MR) is 135 cm³/mol. The summed E-state index contributed by atoms with van der Waals surface area (Å²) in [4.78, 5) is 41.1. The van der Waals surface area contributed by atoms with Gasteiger partial charge in [-0.05, 0) is 61.5 Å². The fraction of sp³-hybridized carbons (Fsp3) is 0.308. The Balaban J connectivity index is 0.00000108. The molecule has 1 aromatic heterocycles. The summed E-state index contributed by atoms with van der Waals surface area (Å²) in [6, 6.07) is 15.6. The largest absolute Gasteiger partial charge is 0.483 e. The second-order valence-corrected chi connectivity index (χ2v) is 9.40. The van der Waals surface area contributed by atoms with Gasteiger partial charge < -0.3 is 19.6 Å². The number of carbonyl (C=O) groups excluding carboxylic acids is 2. The van der Waals surface area contributed by atoms with Crippen LogP contribution in [0.25, 0.3) is 21.9 Å². The van der Waals surface area contributed by atoms with E-state index in [9.17, 15) is 9.59 Å². The number of halogens is 1. The van der Waals surface area contributed by atoms with E-state index in [0.717, 1.165) is 21.9 Å². The van der Waals surface area contributed by atoms with Gasteiger partial charge in [0.25, 0.3) is 12.4 Å². The van der Waals surface area contributed by atoms with E-state index in [1.165, 1.54) is 0 Å². The average molecular weight is 498 g/mol. The van der Waals surface area contributed by atoms with E-state index in [-0.39, 0.29) is 18.5 Å². The molecule has 2 aromatic carbocycles. The number of pyridine rings is 1. The van der Waals surface area contributed by atoms with Crippen LogP contribution < -0.4 is 0 Å². The number of aromatic nitrogens is 1. The highest BCUT2D eigenvalue weighted by Crippen LogP contribution is 2.26. The number of amides is 2. The van der Waals surface area contributed by atoms with Gasteiger partial charge in [-0.1, -0.05) is 35.9 Å². The van der Waals surface area contributed by atoms with Crippen molar-refractivity contribution in [2.45, 2.75) is 26.4 Å². The summed E-state index contributed by atoms with van der Waals surface area (Å²) in [6.07, 6.45) is 1.42. The molecule has 0 spiro atoms. The highest BCUT2D eigenvalue weighted by Gasteiger charge is 2.28. The number of nitrogens with zero attached hydrogens (tertiary/aromatic N) is 3. The number of rotatable bonds is 2. The van der Waals surface area contributed by atoms with Crippen molar-refractivity contribution in [1.82, 2.24) is 14.8 Å². The van der Waals surface area contributed by atoms with Crippen LogP contribution in [0, 0.1) is 0 Å². The van der Waals surface area contributed by atoms with Crippen LogP contribution >= 0.6 is 11.6 Å². The number of carboxylic acid groups (broad SMARTS) is 1. The lowest BCUT2D eigenvalue weighted by molar-refractivity contribution is -0.122. The van der Waals surface area contributed by atoms with E-state index in [1.807, 2.05) is 63.2 Å². The fourth-order valence-corrected chi connectivity index (χ4v) is 3.87. The lowest BCUT2D eigenvalue weighted by Gasteiger charge is -2.35. The molecule has 184 valence electrons. The van der Waals surface area contributed by atoms with Gasteiger partial charge in [0.15, 0.2) is 0 Å². The quantitative estimate of drug-likeness (QED) is 0.397. The zero-order valence-electron chi connectivity index (χ0n) is 19.9. The van der Waals surface area contributed by atoms with Crippen molar-refractivity contribution in [3.05, 3.63) is 65.4 Å². The molecule has 1 N–H and O–H groups in total. The molecule has 0 atom stereocenters. The van der Waals surface area contributed by atoms with Crippen molar-refractivity contribution in [2.24, 2.45) is 0 Å². The predicted octanol–water partition coefficient (Wildman–Crippen LogP) is 4.95. The minimum absolute atomic E-state index is 0.0308. The SMILES string of the molecule is CC(C)(C)OC(=O)N1CCN(C(=O)c2ccc(-c3ccc4cnc(Cl)cc4c3)cc2)CC1.O=CO. The number of hydrogen-bond acceptors (Lipinski definition) is 5. The topological polar surface area (TPSA) is 100 Å². The molecule has 1 aliphatic rings. The fourth-order valence-electron chi connectivity index (χ4n) is 3.70. The van der Waals surface area contributed by atoms with Crippen LogP contribution in [0.15, 0.2) is 54.7 Å². The molecule has 0 bridgehead atoms.